The topological polar surface area (TPSA) is 29.3 Å². The van der Waals surface area contributed by atoms with Crippen molar-refractivity contribution in [3.63, 3.8) is 0 Å². The lowest BCUT2D eigenvalue weighted by atomic mass is 9.92. The smallest absolute Gasteiger partial charge is 0.0413 e. The Bertz CT molecular complexity index is 425. The molecule has 1 heterocycles. The van der Waals surface area contributed by atoms with Gasteiger partial charge in [0.15, 0.2) is 0 Å². The highest BCUT2D eigenvalue weighted by atomic mass is 32.2. The summed E-state index contributed by atoms with van der Waals surface area (Å²) < 4.78 is 0. The van der Waals surface area contributed by atoms with E-state index in [2.05, 4.69) is 54.8 Å². The van der Waals surface area contributed by atoms with Crippen LogP contribution in [0.2, 0.25) is 0 Å². The second-order valence-electron chi connectivity index (χ2n) is 6.21. The van der Waals surface area contributed by atoms with E-state index in [1.165, 1.54) is 24.2 Å². The third kappa shape index (κ3) is 2.44. The Morgan fingerprint density at radius 3 is 2.16 bits per heavy atom. The van der Waals surface area contributed by atoms with Gasteiger partial charge in [0.2, 0.25) is 0 Å². The molecule has 1 saturated heterocycles. The van der Waals surface area contributed by atoms with E-state index in [9.17, 15) is 0 Å². The van der Waals surface area contributed by atoms with Gasteiger partial charge in [0, 0.05) is 35.7 Å². The van der Waals surface area contributed by atoms with Crippen LogP contribution >= 0.6 is 11.8 Å². The monoisotopic (exact) mass is 276 g/mol. The van der Waals surface area contributed by atoms with Gasteiger partial charge in [0.1, 0.15) is 0 Å². The third-order valence-corrected chi connectivity index (χ3v) is 5.86. The Kier molecular flexibility index (Phi) is 3.63. The summed E-state index contributed by atoms with van der Waals surface area (Å²) in [5.74, 6) is 0. The van der Waals surface area contributed by atoms with Gasteiger partial charge in [-0.2, -0.15) is 11.8 Å². The normalized spacial score (nSPS) is 30.3. The Labute approximate surface area is 120 Å². The van der Waals surface area contributed by atoms with Crippen molar-refractivity contribution in [2.45, 2.75) is 42.7 Å². The van der Waals surface area contributed by atoms with Crippen LogP contribution in [0.1, 0.15) is 25.0 Å². The molecule has 19 heavy (non-hydrogen) atoms. The first-order valence-electron chi connectivity index (χ1n) is 7.30. The number of fused-ring (bicyclic) bond motifs is 1. The summed E-state index contributed by atoms with van der Waals surface area (Å²) in [5, 5.41) is 1.44. The van der Waals surface area contributed by atoms with Gasteiger partial charge in [-0.3, -0.25) is 4.90 Å². The van der Waals surface area contributed by atoms with Crippen LogP contribution < -0.4 is 5.73 Å². The Hall–Kier alpha value is -0.510. The van der Waals surface area contributed by atoms with Gasteiger partial charge in [-0.25, -0.2) is 0 Å². The van der Waals surface area contributed by atoms with E-state index in [1.54, 1.807) is 0 Å². The van der Waals surface area contributed by atoms with E-state index in [0.717, 1.165) is 29.9 Å². The third-order valence-electron chi connectivity index (χ3n) is 4.63. The van der Waals surface area contributed by atoms with Crippen molar-refractivity contribution >= 4 is 11.8 Å². The molecule has 2 nitrogen and oxygen atoms in total. The zero-order valence-electron chi connectivity index (χ0n) is 11.9. The highest BCUT2D eigenvalue weighted by molar-refractivity contribution is 8.00. The lowest BCUT2D eigenvalue weighted by Crippen LogP contribution is -2.59. The molecule has 0 saturated carbocycles. The van der Waals surface area contributed by atoms with Crippen LogP contribution in [-0.2, 0) is 12.8 Å². The van der Waals surface area contributed by atoms with E-state index in [-0.39, 0.29) is 5.54 Å². The molecule has 1 aliphatic carbocycles. The largest absolute Gasteiger partial charge is 0.329 e. The van der Waals surface area contributed by atoms with Crippen LogP contribution in [0, 0.1) is 0 Å². The minimum Gasteiger partial charge on any atom is -0.329 e. The van der Waals surface area contributed by atoms with Crippen molar-refractivity contribution < 1.29 is 0 Å². The molecule has 0 bridgehead atoms. The summed E-state index contributed by atoms with van der Waals surface area (Å²) in [6, 6.07) is 8.86. The van der Waals surface area contributed by atoms with Crippen LogP contribution in [0.15, 0.2) is 24.3 Å². The summed E-state index contributed by atoms with van der Waals surface area (Å²) in [6.07, 6.45) is 2.26. The minimum atomic E-state index is 0.174. The molecule has 2 atom stereocenters. The fraction of sp³-hybridized carbons (Fsp3) is 0.625. The van der Waals surface area contributed by atoms with Crippen LogP contribution in [0.25, 0.3) is 0 Å². The first kappa shape index (κ1) is 13.5. The molecule has 1 aliphatic heterocycles. The van der Waals surface area contributed by atoms with Crippen LogP contribution in [0.3, 0.4) is 0 Å². The highest BCUT2D eigenvalue weighted by Gasteiger charge is 2.43. The van der Waals surface area contributed by atoms with E-state index in [4.69, 9.17) is 5.73 Å². The quantitative estimate of drug-likeness (QED) is 0.899. The molecule has 3 heteroatoms. The van der Waals surface area contributed by atoms with Gasteiger partial charge in [-0.15, -0.1) is 0 Å². The number of hydrogen-bond acceptors (Lipinski definition) is 3. The number of rotatable bonds is 2. The van der Waals surface area contributed by atoms with Gasteiger partial charge >= 0.3 is 0 Å². The first-order valence-corrected chi connectivity index (χ1v) is 8.24. The second kappa shape index (κ2) is 5.12. The van der Waals surface area contributed by atoms with Crippen molar-refractivity contribution in [2.75, 3.05) is 19.6 Å². The minimum absolute atomic E-state index is 0.174. The first-order chi connectivity index (χ1) is 9.13. The molecule has 0 radical (unpaired) electrons. The Balaban J connectivity index is 1.86. The summed E-state index contributed by atoms with van der Waals surface area (Å²) in [4.78, 5) is 2.68. The maximum absolute atomic E-state index is 6.22. The number of benzene rings is 1. The van der Waals surface area contributed by atoms with Crippen molar-refractivity contribution in [1.29, 1.82) is 0 Å². The van der Waals surface area contributed by atoms with E-state index >= 15 is 0 Å². The van der Waals surface area contributed by atoms with Gasteiger partial charge in [0.05, 0.1) is 0 Å². The van der Waals surface area contributed by atoms with Gasteiger partial charge in [-0.1, -0.05) is 38.1 Å². The standard InChI is InChI=1S/C16H24N2S/c1-12-9-18(10-13(2)19-12)16(11-17)7-14-5-3-4-6-15(14)8-16/h3-6,12-13H,7-11,17H2,1-2H3. The molecule has 1 fully saturated rings. The van der Waals surface area contributed by atoms with E-state index in [1.807, 2.05) is 0 Å². The fourth-order valence-corrected chi connectivity index (χ4v) is 5.06. The maximum atomic E-state index is 6.22. The number of hydrogen-bond donors (Lipinski definition) is 1. The molecule has 2 N–H and O–H groups in total. The zero-order valence-corrected chi connectivity index (χ0v) is 12.7. The molecule has 0 aromatic heterocycles. The summed E-state index contributed by atoms with van der Waals surface area (Å²) in [7, 11) is 0. The average molecular weight is 276 g/mol. The highest BCUT2D eigenvalue weighted by Crippen LogP contribution is 2.37. The van der Waals surface area contributed by atoms with Crippen LogP contribution in [0.5, 0.6) is 0 Å². The molecule has 1 aromatic carbocycles. The van der Waals surface area contributed by atoms with E-state index < -0.39 is 0 Å². The summed E-state index contributed by atoms with van der Waals surface area (Å²) >= 11 is 2.11. The number of nitrogens with zero attached hydrogens (tertiary/aromatic N) is 1. The Morgan fingerprint density at radius 1 is 1.16 bits per heavy atom. The number of nitrogens with two attached hydrogens (primary N) is 1. The van der Waals surface area contributed by atoms with Crippen molar-refractivity contribution in [1.82, 2.24) is 4.90 Å². The predicted molar refractivity (Wildman–Crippen MR) is 83.7 cm³/mol. The molecule has 2 aliphatic rings. The van der Waals surface area contributed by atoms with E-state index in [0.29, 0.717) is 0 Å². The summed E-state index contributed by atoms with van der Waals surface area (Å²) in [5.41, 5.74) is 9.41. The molecule has 1 aromatic rings. The van der Waals surface area contributed by atoms with Crippen LogP contribution in [-0.4, -0.2) is 40.6 Å². The number of thioether (sulfide) groups is 1. The van der Waals surface area contributed by atoms with Crippen molar-refractivity contribution in [3.8, 4) is 0 Å². The molecular weight excluding hydrogens is 252 g/mol. The molecule has 3 rings (SSSR count). The van der Waals surface area contributed by atoms with Gasteiger partial charge in [-0.05, 0) is 24.0 Å². The maximum Gasteiger partial charge on any atom is 0.0413 e. The average Bonchev–Trinajstić information content (AvgIpc) is 2.77. The van der Waals surface area contributed by atoms with Crippen molar-refractivity contribution in [2.24, 2.45) is 5.73 Å². The SMILES string of the molecule is CC1CN(C2(CN)Cc3ccccc3C2)CC(C)S1. The summed E-state index contributed by atoms with van der Waals surface area (Å²) in [6.45, 7) is 7.82. The molecule has 0 spiro atoms. The van der Waals surface area contributed by atoms with Gasteiger partial charge < -0.3 is 5.73 Å². The predicted octanol–water partition coefficient (Wildman–Crippen LogP) is 2.31. The zero-order chi connectivity index (χ0) is 13.5. The fourth-order valence-electron chi connectivity index (χ4n) is 3.74. The molecule has 0 amide bonds. The second-order valence-corrected chi connectivity index (χ2v) is 8.09. The van der Waals surface area contributed by atoms with Crippen LogP contribution in [0.4, 0.5) is 0 Å². The Morgan fingerprint density at radius 2 is 1.68 bits per heavy atom. The lowest BCUT2D eigenvalue weighted by molar-refractivity contribution is 0.100. The lowest BCUT2D eigenvalue weighted by Gasteiger charge is -2.46. The van der Waals surface area contributed by atoms with Crippen molar-refractivity contribution in [3.05, 3.63) is 35.4 Å². The molecule has 2 unspecified atom stereocenters. The van der Waals surface area contributed by atoms with Gasteiger partial charge in [0.25, 0.3) is 0 Å². The molecule has 104 valence electrons. The molecular formula is C16H24N2S.